The van der Waals surface area contributed by atoms with Gasteiger partial charge >= 0.3 is 0 Å². The predicted octanol–water partition coefficient (Wildman–Crippen LogP) is 5.16. The van der Waals surface area contributed by atoms with Gasteiger partial charge in [0.05, 0.1) is 18.8 Å². The van der Waals surface area contributed by atoms with Gasteiger partial charge in [0.15, 0.2) is 0 Å². The highest BCUT2D eigenvalue weighted by molar-refractivity contribution is 5.80. The van der Waals surface area contributed by atoms with Gasteiger partial charge in [-0.25, -0.2) is 0 Å². The van der Waals surface area contributed by atoms with Crippen molar-refractivity contribution < 1.29 is 25.2 Å². The van der Waals surface area contributed by atoms with E-state index in [9.17, 15) is 25.2 Å². The minimum atomic E-state index is -1.25. The summed E-state index contributed by atoms with van der Waals surface area (Å²) in [5.74, 6) is -0.604. The van der Waals surface area contributed by atoms with Crippen LogP contribution in [0.3, 0.4) is 0 Å². The van der Waals surface area contributed by atoms with Crippen molar-refractivity contribution in [2.75, 3.05) is 6.61 Å². The van der Waals surface area contributed by atoms with E-state index in [0.717, 1.165) is 51.4 Å². The molecular formula is C28H55NO5. The number of hydrogen-bond donors (Lipinski definition) is 5. The monoisotopic (exact) mass is 485 g/mol. The number of amides is 1. The van der Waals surface area contributed by atoms with Crippen molar-refractivity contribution in [1.82, 2.24) is 5.32 Å². The van der Waals surface area contributed by atoms with Crippen molar-refractivity contribution >= 4 is 5.91 Å². The molecule has 1 amide bonds. The first kappa shape index (κ1) is 33.0. The second-order valence-electron chi connectivity index (χ2n) is 9.74. The van der Waals surface area contributed by atoms with Crippen molar-refractivity contribution in [1.29, 1.82) is 0 Å². The SMILES string of the molecule is CCCC/C=C\CCCCCC(O)C(=O)NC(CO)C(O)C(O)CCCCCCCCCCC. The average Bonchev–Trinajstić information content (AvgIpc) is 2.84. The third-order valence-electron chi connectivity index (χ3n) is 6.48. The molecule has 6 heteroatoms. The highest BCUT2D eigenvalue weighted by atomic mass is 16.3. The predicted molar refractivity (Wildman–Crippen MR) is 141 cm³/mol. The van der Waals surface area contributed by atoms with Crippen LogP contribution in [0.15, 0.2) is 12.2 Å². The molecule has 0 spiro atoms. The lowest BCUT2D eigenvalue weighted by molar-refractivity contribution is -0.132. The van der Waals surface area contributed by atoms with Gasteiger partial charge in [-0.15, -0.1) is 0 Å². The molecule has 202 valence electrons. The number of nitrogens with one attached hydrogen (secondary N) is 1. The van der Waals surface area contributed by atoms with E-state index in [1.807, 2.05) is 0 Å². The molecular weight excluding hydrogens is 430 g/mol. The fourth-order valence-electron chi connectivity index (χ4n) is 4.09. The zero-order valence-electron chi connectivity index (χ0n) is 22.1. The van der Waals surface area contributed by atoms with Gasteiger partial charge in [-0.2, -0.15) is 0 Å². The maximum atomic E-state index is 12.3. The van der Waals surface area contributed by atoms with E-state index in [2.05, 4.69) is 31.3 Å². The number of hydrogen-bond acceptors (Lipinski definition) is 5. The van der Waals surface area contributed by atoms with E-state index in [1.54, 1.807) is 0 Å². The quantitative estimate of drug-likeness (QED) is 0.0957. The molecule has 0 aliphatic rings. The van der Waals surface area contributed by atoms with Crippen molar-refractivity contribution in [3.05, 3.63) is 12.2 Å². The average molecular weight is 486 g/mol. The third kappa shape index (κ3) is 18.4. The fourth-order valence-corrected chi connectivity index (χ4v) is 4.09. The van der Waals surface area contributed by atoms with Crippen molar-refractivity contribution in [3.8, 4) is 0 Å². The Kier molecular flexibility index (Phi) is 23.1. The first-order valence-electron chi connectivity index (χ1n) is 14.1. The Balaban J connectivity index is 4.00. The highest BCUT2D eigenvalue weighted by Gasteiger charge is 2.28. The maximum Gasteiger partial charge on any atom is 0.249 e. The molecule has 6 nitrogen and oxygen atoms in total. The molecule has 0 aliphatic heterocycles. The van der Waals surface area contributed by atoms with Crippen LogP contribution in [0, 0.1) is 0 Å². The van der Waals surface area contributed by atoms with Gasteiger partial charge in [0.2, 0.25) is 5.91 Å². The van der Waals surface area contributed by atoms with Crippen molar-refractivity contribution in [3.63, 3.8) is 0 Å². The fraction of sp³-hybridized carbons (Fsp3) is 0.893. The van der Waals surface area contributed by atoms with E-state index in [-0.39, 0.29) is 0 Å². The maximum absolute atomic E-state index is 12.3. The van der Waals surface area contributed by atoms with E-state index in [0.29, 0.717) is 12.8 Å². The summed E-state index contributed by atoms with van der Waals surface area (Å²) >= 11 is 0. The zero-order chi connectivity index (χ0) is 25.4. The van der Waals surface area contributed by atoms with E-state index in [1.165, 1.54) is 51.4 Å². The molecule has 4 unspecified atom stereocenters. The lowest BCUT2D eigenvalue weighted by atomic mass is 9.99. The molecule has 0 rings (SSSR count). The summed E-state index contributed by atoms with van der Waals surface area (Å²) in [6, 6.07) is -0.982. The summed E-state index contributed by atoms with van der Waals surface area (Å²) in [6.07, 6.45) is 19.6. The molecule has 0 saturated carbocycles. The van der Waals surface area contributed by atoms with E-state index >= 15 is 0 Å². The molecule has 5 N–H and O–H groups in total. The minimum Gasteiger partial charge on any atom is -0.394 e. The number of carbonyl (C=O) groups excluding carboxylic acids is 1. The van der Waals surface area contributed by atoms with Crippen molar-refractivity contribution in [2.24, 2.45) is 0 Å². The first-order valence-corrected chi connectivity index (χ1v) is 14.1. The molecule has 0 heterocycles. The molecule has 0 fully saturated rings. The molecule has 0 aromatic carbocycles. The molecule has 0 aliphatic carbocycles. The lowest BCUT2D eigenvalue weighted by Gasteiger charge is -2.27. The van der Waals surface area contributed by atoms with Crippen LogP contribution in [0.25, 0.3) is 0 Å². The Morgan fingerprint density at radius 1 is 0.706 bits per heavy atom. The van der Waals surface area contributed by atoms with Crippen LogP contribution in [-0.2, 0) is 4.79 Å². The molecule has 4 atom stereocenters. The topological polar surface area (TPSA) is 110 Å². The van der Waals surface area contributed by atoms with Crippen LogP contribution in [0.1, 0.15) is 129 Å². The number of carbonyl (C=O) groups is 1. The molecule has 0 bridgehead atoms. The van der Waals surface area contributed by atoms with Crippen LogP contribution in [0.5, 0.6) is 0 Å². The van der Waals surface area contributed by atoms with Crippen LogP contribution >= 0.6 is 0 Å². The number of aliphatic hydroxyl groups excluding tert-OH is 4. The van der Waals surface area contributed by atoms with Crippen LogP contribution < -0.4 is 5.32 Å². The van der Waals surface area contributed by atoms with Crippen LogP contribution in [0.4, 0.5) is 0 Å². The Bertz CT molecular complexity index is 485. The van der Waals surface area contributed by atoms with Gasteiger partial charge in [-0.1, -0.05) is 109 Å². The molecule has 0 radical (unpaired) electrons. The Morgan fingerprint density at radius 3 is 1.79 bits per heavy atom. The summed E-state index contributed by atoms with van der Waals surface area (Å²) in [5.41, 5.74) is 0. The second kappa shape index (κ2) is 23.8. The number of rotatable bonds is 24. The van der Waals surface area contributed by atoms with Crippen LogP contribution in [0.2, 0.25) is 0 Å². The summed E-state index contributed by atoms with van der Waals surface area (Å²) < 4.78 is 0. The van der Waals surface area contributed by atoms with Crippen molar-refractivity contribution in [2.45, 2.75) is 154 Å². The largest absolute Gasteiger partial charge is 0.394 e. The Labute approximate surface area is 209 Å². The van der Waals surface area contributed by atoms with Gasteiger partial charge in [-0.3, -0.25) is 4.79 Å². The molecule has 0 aromatic rings. The van der Waals surface area contributed by atoms with Gasteiger partial charge in [0.1, 0.15) is 12.2 Å². The summed E-state index contributed by atoms with van der Waals surface area (Å²) in [6.45, 7) is 3.91. The third-order valence-corrected chi connectivity index (χ3v) is 6.48. The normalized spacial score (nSPS) is 15.4. The first-order chi connectivity index (χ1) is 16.5. The van der Waals surface area contributed by atoms with Gasteiger partial charge in [0.25, 0.3) is 0 Å². The summed E-state index contributed by atoms with van der Waals surface area (Å²) in [7, 11) is 0. The Morgan fingerprint density at radius 2 is 1.21 bits per heavy atom. The number of unbranched alkanes of at least 4 members (excludes halogenated alkanes) is 13. The smallest absolute Gasteiger partial charge is 0.249 e. The summed E-state index contributed by atoms with van der Waals surface area (Å²) in [4.78, 5) is 12.3. The molecule has 0 saturated heterocycles. The lowest BCUT2D eigenvalue weighted by Crippen LogP contribution is -2.53. The van der Waals surface area contributed by atoms with Crippen LogP contribution in [-0.4, -0.2) is 57.3 Å². The van der Waals surface area contributed by atoms with Gasteiger partial charge in [-0.05, 0) is 32.1 Å². The number of aliphatic hydroxyl groups is 4. The Hall–Kier alpha value is -0.950. The zero-order valence-corrected chi connectivity index (χ0v) is 22.1. The van der Waals surface area contributed by atoms with E-state index < -0.39 is 36.9 Å². The highest BCUT2D eigenvalue weighted by Crippen LogP contribution is 2.14. The van der Waals surface area contributed by atoms with Gasteiger partial charge < -0.3 is 25.7 Å². The standard InChI is InChI=1S/C28H55NO5/c1-3-5-7-9-11-13-15-17-19-21-25(31)27(33)24(23-30)29-28(34)26(32)22-20-18-16-14-12-10-8-6-4-2/h10,12,24-27,30-33H,3-9,11,13-23H2,1-2H3,(H,29,34)/b12-10-. The number of allylic oxidation sites excluding steroid dienone is 2. The minimum absolute atomic E-state index is 0.348. The van der Waals surface area contributed by atoms with E-state index in [4.69, 9.17) is 0 Å². The second-order valence-corrected chi connectivity index (χ2v) is 9.74. The molecule has 0 aromatic heterocycles. The summed E-state index contributed by atoms with van der Waals surface area (Å²) in [5, 5.41) is 42.9. The molecule has 34 heavy (non-hydrogen) atoms. The van der Waals surface area contributed by atoms with Gasteiger partial charge in [0, 0.05) is 0 Å².